The van der Waals surface area contributed by atoms with Crippen molar-refractivity contribution in [1.29, 1.82) is 0 Å². The average Bonchev–Trinajstić information content (AvgIpc) is 2.34. The molecule has 1 heterocycles. The third-order valence-electron chi connectivity index (χ3n) is 2.08. The molecule has 1 aromatic heterocycles. The highest BCUT2D eigenvalue weighted by atomic mass is 79.9. The van der Waals surface area contributed by atoms with E-state index >= 15 is 0 Å². The van der Waals surface area contributed by atoms with Gasteiger partial charge in [-0.05, 0) is 40.2 Å². The van der Waals surface area contributed by atoms with Gasteiger partial charge < -0.3 is 11.1 Å². The van der Waals surface area contributed by atoms with Crippen LogP contribution in [-0.2, 0) is 0 Å². The van der Waals surface area contributed by atoms with Crippen molar-refractivity contribution in [2.45, 2.75) is 0 Å². The van der Waals surface area contributed by atoms with Crippen LogP contribution in [0, 0.1) is 0 Å². The van der Waals surface area contributed by atoms with E-state index in [0.717, 1.165) is 10.2 Å². The van der Waals surface area contributed by atoms with Crippen LogP contribution in [0.3, 0.4) is 0 Å². The lowest BCUT2D eigenvalue weighted by Gasteiger charge is -2.06. The number of anilines is 2. The summed E-state index contributed by atoms with van der Waals surface area (Å²) in [7, 11) is 0. The minimum Gasteiger partial charge on any atom is -0.388 e. The quantitative estimate of drug-likeness (QED) is 0.837. The summed E-state index contributed by atoms with van der Waals surface area (Å²) >= 11 is 14.2. The molecule has 0 amide bonds. The van der Waals surface area contributed by atoms with Crippen molar-refractivity contribution in [3.63, 3.8) is 0 Å². The Morgan fingerprint density at radius 3 is 2.83 bits per heavy atom. The van der Waals surface area contributed by atoms with Crippen molar-refractivity contribution in [3.05, 3.63) is 45.7 Å². The molecule has 0 unspecified atom stereocenters. The van der Waals surface area contributed by atoms with Crippen molar-refractivity contribution >= 4 is 56.4 Å². The zero-order valence-corrected chi connectivity index (χ0v) is 12.2. The molecule has 0 spiro atoms. The number of nitrogens with zero attached hydrogens (tertiary/aromatic N) is 2. The Hall–Kier alpha value is -1.24. The number of nitrogens with two attached hydrogens (primary N) is 1. The van der Waals surface area contributed by atoms with Crippen LogP contribution in [0.4, 0.5) is 11.6 Å². The Morgan fingerprint density at radius 2 is 2.17 bits per heavy atom. The second kappa shape index (κ2) is 5.60. The number of benzene rings is 1. The normalized spacial score (nSPS) is 10.1. The van der Waals surface area contributed by atoms with E-state index < -0.39 is 0 Å². The Balaban J connectivity index is 2.25. The molecule has 1 aromatic carbocycles. The average molecular weight is 344 g/mol. The number of hydrogen-bond acceptors (Lipinski definition) is 4. The minimum absolute atomic E-state index is 0.231. The first-order valence-electron chi connectivity index (χ1n) is 4.91. The lowest BCUT2D eigenvalue weighted by molar-refractivity contribution is 1.15. The molecule has 2 aromatic rings. The Kier molecular flexibility index (Phi) is 4.11. The molecule has 0 fully saturated rings. The van der Waals surface area contributed by atoms with Gasteiger partial charge in [0.05, 0.1) is 5.02 Å². The Morgan fingerprint density at radius 1 is 1.39 bits per heavy atom. The topological polar surface area (TPSA) is 63.8 Å². The molecule has 0 atom stereocenters. The van der Waals surface area contributed by atoms with E-state index in [9.17, 15) is 0 Å². The van der Waals surface area contributed by atoms with Crippen molar-refractivity contribution in [1.82, 2.24) is 9.97 Å². The molecular weight excluding hydrogens is 336 g/mol. The van der Waals surface area contributed by atoms with Gasteiger partial charge in [-0.15, -0.1) is 0 Å². The molecule has 0 saturated heterocycles. The summed E-state index contributed by atoms with van der Waals surface area (Å²) in [5.74, 6) is 0.415. The van der Waals surface area contributed by atoms with Crippen LogP contribution >= 0.6 is 39.7 Å². The molecule has 0 saturated carbocycles. The van der Waals surface area contributed by atoms with Crippen molar-refractivity contribution < 1.29 is 0 Å². The van der Waals surface area contributed by atoms with Crippen LogP contribution in [0.5, 0.6) is 0 Å². The van der Waals surface area contributed by atoms with Gasteiger partial charge in [0.25, 0.3) is 0 Å². The largest absolute Gasteiger partial charge is 0.388 e. The van der Waals surface area contributed by atoms with Gasteiger partial charge in [0.1, 0.15) is 10.7 Å². The van der Waals surface area contributed by atoms with Crippen LogP contribution in [0.15, 0.2) is 34.9 Å². The van der Waals surface area contributed by atoms with E-state index in [1.165, 1.54) is 0 Å². The number of nitrogens with one attached hydrogen (secondary N) is 1. The summed E-state index contributed by atoms with van der Waals surface area (Å²) in [6.45, 7) is 0. The van der Waals surface area contributed by atoms with Gasteiger partial charge in [0.15, 0.2) is 0 Å². The van der Waals surface area contributed by atoms with Gasteiger partial charge in [0.2, 0.25) is 5.95 Å². The van der Waals surface area contributed by atoms with Crippen molar-refractivity contribution in [2.24, 2.45) is 5.73 Å². The minimum atomic E-state index is 0.231. The lowest BCUT2D eigenvalue weighted by atomic mass is 10.3. The second-order valence-electron chi connectivity index (χ2n) is 3.38. The highest BCUT2D eigenvalue weighted by molar-refractivity contribution is 9.10. The Bertz CT molecular complexity index is 605. The van der Waals surface area contributed by atoms with Gasteiger partial charge in [-0.1, -0.05) is 23.8 Å². The van der Waals surface area contributed by atoms with E-state index in [1.54, 1.807) is 18.3 Å². The molecule has 92 valence electrons. The molecule has 0 radical (unpaired) electrons. The number of rotatable bonds is 3. The van der Waals surface area contributed by atoms with Gasteiger partial charge in [0, 0.05) is 16.4 Å². The number of thiocarbonyl (C=S) groups is 1. The van der Waals surface area contributed by atoms with Crippen molar-refractivity contribution in [3.8, 4) is 0 Å². The van der Waals surface area contributed by atoms with Crippen molar-refractivity contribution in [2.75, 3.05) is 5.32 Å². The van der Waals surface area contributed by atoms with E-state index in [0.29, 0.717) is 16.7 Å². The summed E-state index contributed by atoms with van der Waals surface area (Å²) in [6.07, 6.45) is 1.59. The van der Waals surface area contributed by atoms with Crippen LogP contribution in [0.1, 0.15) is 5.69 Å². The maximum Gasteiger partial charge on any atom is 0.227 e. The summed E-state index contributed by atoms with van der Waals surface area (Å²) < 4.78 is 0.826. The smallest absolute Gasteiger partial charge is 0.227 e. The predicted molar refractivity (Wildman–Crippen MR) is 80.4 cm³/mol. The third kappa shape index (κ3) is 3.16. The van der Waals surface area contributed by atoms with Gasteiger partial charge in [-0.3, -0.25) is 0 Å². The van der Waals surface area contributed by atoms with Crippen LogP contribution in [-0.4, -0.2) is 15.0 Å². The predicted octanol–water partition coefficient (Wildman–Crippen LogP) is 3.27. The van der Waals surface area contributed by atoms with E-state index in [1.807, 2.05) is 12.1 Å². The van der Waals surface area contributed by atoms with Crippen LogP contribution < -0.4 is 11.1 Å². The highest BCUT2D eigenvalue weighted by Crippen LogP contribution is 2.26. The van der Waals surface area contributed by atoms with Crippen LogP contribution in [0.25, 0.3) is 0 Å². The Labute approximate surface area is 123 Å². The molecule has 2 rings (SSSR count). The first kappa shape index (κ1) is 13.2. The van der Waals surface area contributed by atoms with Gasteiger partial charge in [-0.2, -0.15) is 0 Å². The molecular formula is C11H8BrClN4S. The van der Waals surface area contributed by atoms with Gasteiger partial charge in [-0.25, -0.2) is 9.97 Å². The maximum absolute atomic E-state index is 5.99. The fourth-order valence-electron chi connectivity index (χ4n) is 1.26. The summed E-state index contributed by atoms with van der Waals surface area (Å²) in [5, 5.41) is 3.63. The zero-order chi connectivity index (χ0) is 13.1. The highest BCUT2D eigenvalue weighted by Gasteiger charge is 2.03. The number of halogens is 2. The molecule has 7 heteroatoms. The first-order chi connectivity index (χ1) is 8.56. The maximum atomic E-state index is 5.99. The molecule has 0 bridgehead atoms. The molecule has 0 aliphatic heterocycles. The summed E-state index contributed by atoms with van der Waals surface area (Å²) in [5.41, 5.74) is 6.81. The number of hydrogen-bond donors (Lipinski definition) is 2. The van der Waals surface area contributed by atoms with E-state index in [2.05, 4.69) is 31.2 Å². The molecule has 0 aliphatic carbocycles. The first-order valence-corrected chi connectivity index (χ1v) is 6.49. The van der Waals surface area contributed by atoms with E-state index in [4.69, 9.17) is 29.6 Å². The summed E-state index contributed by atoms with van der Waals surface area (Å²) in [4.78, 5) is 8.48. The standard InChI is InChI=1S/C11H8BrClN4S/c12-7-2-1-6(5-8(7)13)16-11-15-4-3-9(17-11)10(14)18/h1-5H,(H2,14,18)(H,15,16,17). The molecule has 4 nitrogen and oxygen atoms in total. The molecule has 0 aliphatic rings. The van der Waals surface area contributed by atoms with Crippen LogP contribution in [0.2, 0.25) is 5.02 Å². The fraction of sp³-hybridized carbons (Fsp3) is 0. The lowest BCUT2D eigenvalue weighted by Crippen LogP contribution is -2.12. The molecule has 18 heavy (non-hydrogen) atoms. The summed E-state index contributed by atoms with van der Waals surface area (Å²) in [6, 6.07) is 7.11. The third-order valence-corrected chi connectivity index (χ3v) is 3.53. The second-order valence-corrected chi connectivity index (χ2v) is 5.08. The number of aromatic nitrogens is 2. The van der Waals surface area contributed by atoms with Gasteiger partial charge >= 0.3 is 0 Å². The molecule has 3 N–H and O–H groups in total. The SMILES string of the molecule is NC(=S)c1ccnc(Nc2ccc(Br)c(Cl)c2)n1. The fourth-order valence-corrected chi connectivity index (χ4v) is 1.80. The zero-order valence-electron chi connectivity index (χ0n) is 9.02. The monoisotopic (exact) mass is 342 g/mol. The van der Waals surface area contributed by atoms with E-state index in [-0.39, 0.29) is 4.99 Å².